The molecule has 2 N–H and O–H groups in total. The molecule has 1 atom stereocenters. The molecule has 1 fully saturated rings. The highest BCUT2D eigenvalue weighted by Gasteiger charge is 2.26. The molecule has 1 aliphatic rings. The molecule has 0 aliphatic carbocycles. The number of nitrogens with zero attached hydrogens (tertiary/aromatic N) is 2. The van der Waals surface area contributed by atoms with Crippen molar-refractivity contribution in [1.29, 1.82) is 0 Å². The Morgan fingerprint density at radius 1 is 1.65 bits per heavy atom. The highest BCUT2D eigenvalue weighted by molar-refractivity contribution is 5.90. The summed E-state index contributed by atoms with van der Waals surface area (Å²) in [5.74, 6) is -0.127. The summed E-state index contributed by atoms with van der Waals surface area (Å²) in [6, 6.07) is 1.53. The van der Waals surface area contributed by atoms with Crippen LogP contribution in [0.4, 0.5) is 0 Å². The van der Waals surface area contributed by atoms with Crippen LogP contribution < -0.4 is 10.6 Å². The summed E-state index contributed by atoms with van der Waals surface area (Å²) < 4.78 is 1.82. The lowest BCUT2D eigenvalue weighted by atomic mass is 10.2. The van der Waals surface area contributed by atoms with E-state index in [-0.39, 0.29) is 17.9 Å². The molecule has 0 spiro atoms. The second kappa shape index (κ2) is 5.47. The first kappa shape index (κ1) is 11.6. The van der Waals surface area contributed by atoms with Gasteiger partial charge in [0.05, 0.1) is 0 Å². The molecule has 1 aliphatic heterocycles. The zero-order valence-corrected chi connectivity index (χ0v) is 9.56. The van der Waals surface area contributed by atoms with Crippen LogP contribution in [-0.2, 0) is 16.1 Å². The molecule has 92 valence electrons. The van der Waals surface area contributed by atoms with Crippen LogP contribution in [0.25, 0.3) is 0 Å². The summed E-state index contributed by atoms with van der Waals surface area (Å²) in [4.78, 5) is 22.5. The summed E-state index contributed by atoms with van der Waals surface area (Å²) in [7, 11) is 0. The Hall–Kier alpha value is -1.85. The van der Waals surface area contributed by atoms with Crippen molar-refractivity contribution in [1.82, 2.24) is 20.4 Å². The molecule has 17 heavy (non-hydrogen) atoms. The fraction of sp³-hybridized carbons (Fsp3) is 0.545. The average molecular weight is 236 g/mol. The lowest BCUT2D eigenvalue weighted by Gasteiger charge is -2.10. The minimum absolute atomic E-state index is 0.0401. The van der Waals surface area contributed by atoms with Crippen LogP contribution >= 0.6 is 0 Å². The van der Waals surface area contributed by atoms with Crippen molar-refractivity contribution in [3.8, 4) is 0 Å². The largest absolute Gasteiger partial charge is 0.354 e. The van der Waals surface area contributed by atoms with Crippen molar-refractivity contribution < 1.29 is 9.59 Å². The van der Waals surface area contributed by atoms with Gasteiger partial charge in [-0.05, 0) is 18.9 Å². The summed E-state index contributed by atoms with van der Waals surface area (Å²) in [5, 5.41) is 9.52. The van der Waals surface area contributed by atoms with Gasteiger partial charge < -0.3 is 10.6 Å². The molecular formula is C11H16N4O2. The standard InChI is InChI=1S/C11H16N4O2/c16-10-4-3-9(14-10)11(17)12-5-1-7-15-8-2-6-13-15/h2,6,8-9H,1,3-5,7H2,(H,12,17)(H,14,16)/t9-/m0/s1. The third-order valence-electron chi connectivity index (χ3n) is 2.73. The van der Waals surface area contributed by atoms with Crippen molar-refractivity contribution in [2.75, 3.05) is 6.54 Å². The lowest BCUT2D eigenvalue weighted by Crippen LogP contribution is -2.42. The minimum Gasteiger partial charge on any atom is -0.354 e. The first-order valence-electron chi connectivity index (χ1n) is 5.80. The van der Waals surface area contributed by atoms with Crippen LogP contribution in [0, 0.1) is 0 Å². The molecule has 2 amide bonds. The quantitative estimate of drug-likeness (QED) is 0.687. The van der Waals surface area contributed by atoms with Gasteiger partial charge in [-0.2, -0.15) is 5.10 Å². The number of nitrogens with one attached hydrogen (secondary N) is 2. The Morgan fingerprint density at radius 2 is 2.53 bits per heavy atom. The van der Waals surface area contributed by atoms with Crippen LogP contribution in [-0.4, -0.2) is 34.2 Å². The van der Waals surface area contributed by atoms with E-state index < -0.39 is 0 Å². The van der Waals surface area contributed by atoms with Gasteiger partial charge in [0.25, 0.3) is 0 Å². The van der Waals surface area contributed by atoms with Crippen molar-refractivity contribution in [2.24, 2.45) is 0 Å². The third kappa shape index (κ3) is 3.30. The molecule has 0 unspecified atom stereocenters. The zero-order chi connectivity index (χ0) is 12.1. The Balaban J connectivity index is 1.62. The van der Waals surface area contributed by atoms with Gasteiger partial charge in [-0.1, -0.05) is 0 Å². The molecule has 6 nitrogen and oxygen atoms in total. The lowest BCUT2D eigenvalue weighted by molar-refractivity contribution is -0.125. The molecule has 2 rings (SSSR count). The van der Waals surface area contributed by atoms with Crippen molar-refractivity contribution in [2.45, 2.75) is 31.8 Å². The fourth-order valence-electron chi connectivity index (χ4n) is 1.82. The molecule has 0 aromatic carbocycles. The maximum absolute atomic E-state index is 11.6. The van der Waals surface area contributed by atoms with E-state index in [1.807, 2.05) is 16.9 Å². The topological polar surface area (TPSA) is 76.0 Å². The number of carbonyl (C=O) groups excluding carboxylic acids is 2. The van der Waals surface area contributed by atoms with Crippen molar-refractivity contribution in [3.05, 3.63) is 18.5 Å². The first-order valence-corrected chi connectivity index (χ1v) is 5.80. The molecule has 1 aromatic rings. The number of hydrogen-bond donors (Lipinski definition) is 2. The van der Waals surface area contributed by atoms with Crippen molar-refractivity contribution in [3.63, 3.8) is 0 Å². The predicted molar refractivity (Wildman–Crippen MR) is 61.0 cm³/mol. The van der Waals surface area contributed by atoms with E-state index >= 15 is 0 Å². The fourth-order valence-corrected chi connectivity index (χ4v) is 1.82. The van der Waals surface area contributed by atoms with E-state index in [1.165, 1.54) is 0 Å². The SMILES string of the molecule is O=C1CC[C@@H](C(=O)NCCCn2cccn2)N1. The molecular weight excluding hydrogens is 220 g/mol. The monoisotopic (exact) mass is 236 g/mol. The van der Waals surface area contributed by atoms with Crippen LogP contribution in [0.3, 0.4) is 0 Å². The molecule has 2 heterocycles. The number of amides is 2. The van der Waals surface area contributed by atoms with E-state index in [1.54, 1.807) is 6.20 Å². The third-order valence-corrected chi connectivity index (χ3v) is 2.73. The second-order valence-corrected chi connectivity index (χ2v) is 4.07. The summed E-state index contributed by atoms with van der Waals surface area (Å²) in [6.45, 7) is 1.38. The molecule has 0 bridgehead atoms. The Bertz CT molecular complexity index is 388. The minimum atomic E-state index is -0.341. The van der Waals surface area contributed by atoms with Gasteiger partial charge in [0.1, 0.15) is 6.04 Å². The number of hydrogen-bond acceptors (Lipinski definition) is 3. The molecule has 1 aromatic heterocycles. The van der Waals surface area contributed by atoms with E-state index in [2.05, 4.69) is 15.7 Å². The molecule has 0 radical (unpaired) electrons. The molecule has 0 saturated carbocycles. The predicted octanol–water partition coefficient (Wildman–Crippen LogP) is -0.332. The number of carbonyl (C=O) groups is 2. The first-order chi connectivity index (χ1) is 8.25. The summed E-state index contributed by atoms with van der Waals surface area (Å²) in [6.07, 6.45) is 5.49. The van der Waals surface area contributed by atoms with Gasteiger partial charge in [0.15, 0.2) is 0 Å². The van der Waals surface area contributed by atoms with E-state index in [4.69, 9.17) is 0 Å². The second-order valence-electron chi connectivity index (χ2n) is 4.07. The van der Waals surface area contributed by atoms with Crippen LogP contribution in [0.5, 0.6) is 0 Å². The summed E-state index contributed by atoms with van der Waals surface area (Å²) in [5.41, 5.74) is 0. The van der Waals surface area contributed by atoms with Crippen molar-refractivity contribution >= 4 is 11.8 Å². The van der Waals surface area contributed by atoms with Gasteiger partial charge in [-0.3, -0.25) is 14.3 Å². The van der Waals surface area contributed by atoms with E-state index in [0.29, 0.717) is 19.4 Å². The van der Waals surface area contributed by atoms with Crippen LogP contribution in [0.15, 0.2) is 18.5 Å². The van der Waals surface area contributed by atoms with Gasteiger partial charge in [-0.25, -0.2) is 0 Å². The normalized spacial score (nSPS) is 19.1. The van der Waals surface area contributed by atoms with E-state index in [9.17, 15) is 9.59 Å². The molecule has 6 heteroatoms. The average Bonchev–Trinajstić information content (AvgIpc) is 2.95. The Labute approximate surface area is 99.4 Å². The van der Waals surface area contributed by atoms with E-state index in [0.717, 1.165) is 13.0 Å². The number of aryl methyl sites for hydroxylation is 1. The van der Waals surface area contributed by atoms with Gasteiger partial charge in [-0.15, -0.1) is 0 Å². The van der Waals surface area contributed by atoms with Gasteiger partial charge in [0, 0.05) is 31.9 Å². The maximum Gasteiger partial charge on any atom is 0.242 e. The Kier molecular flexibility index (Phi) is 3.74. The van der Waals surface area contributed by atoms with Gasteiger partial charge in [0.2, 0.25) is 11.8 Å². The maximum atomic E-state index is 11.6. The Morgan fingerprint density at radius 3 is 3.18 bits per heavy atom. The van der Waals surface area contributed by atoms with Crippen LogP contribution in [0.1, 0.15) is 19.3 Å². The highest BCUT2D eigenvalue weighted by Crippen LogP contribution is 2.05. The zero-order valence-electron chi connectivity index (χ0n) is 9.56. The molecule has 1 saturated heterocycles. The van der Waals surface area contributed by atoms with Gasteiger partial charge >= 0.3 is 0 Å². The summed E-state index contributed by atoms with van der Waals surface area (Å²) >= 11 is 0. The highest BCUT2D eigenvalue weighted by atomic mass is 16.2. The van der Waals surface area contributed by atoms with Crippen LogP contribution in [0.2, 0.25) is 0 Å². The number of rotatable bonds is 5. The number of aromatic nitrogens is 2. The smallest absolute Gasteiger partial charge is 0.242 e.